The van der Waals surface area contributed by atoms with Gasteiger partial charge in [0.15, 0.2) is 0 Å². The third-order valence-electron chi connectivity index (χ3n) is 15.3. The number of aryl methyl sites for hydroxylation is 1. The molecule has 5 heterocycles. The Kier molecular flexibility index (Phi) is 7.50. The van der Waals surface area contributed by atoms with Gasteiger partial charge in [-0.25, -0.2) is 0 Å². The molecule has 0 saturated carbocycles. The van der Waals surface area contributed by atoms with Crippen LogP contribution in [-0.4, -0.2) is 11.3 Å². The van der Waals surface area contributed by atoms with E-state index in [4.69, 9.17) is 4.42 Å². The fourth-order valence-corrected chi connectivity index (χ4v) is 13.3. The summed E-state index contributed by atoms with van der Waals surface area (Å²) in [6.07, 6.45) is 2.32. The number of furan rings is 1. The third kappa shape index (κ3) is 5.03. The van der Waals surface area contributed by atoms with Crippen LogP contribution < -0.4 is 20.7 Å². The maximum atomic E-state index is 7.19. The van der Waals surface area contributed by atoms with Crippen molar-refractivity contribution in [3.05, 3.63) is 180 Å². The van der Waals surface area contributed by atoms with Gasteiger partial charge in [-0.2, -0.15) is 0 Å². The Morgan fingerprint density at radius 3 is 1.97 bits per heavy atom. The number of aromatic nitrogens is 1. The lowest BCUT2D eigenvalue weighted by molar-refractivity contribution is 0.332. The lowest BCUT2D eigenvalue weighted by Gasteiger charge is -2.45. The Bertz CT molecular complexity index is 3780. The number of hydrogen-bond acceptors (Lipinski definition) is 4. The highest BCUT2D eigenvalue weighted by Crippen LogP contribution is 2.54. The Balaban J connectivity index is 1.18. The first-order valence-electron chi connectivity index (χ1n) is 23.1. The molecule has 6 heteroatoms. The number of rotatable bonds is 4. The molecule has 0 amide bonds. The van der Waals surface area contributed by atoms with Crippen molar-refractivity contribution in [3.8, 4) is 11.1 Å². The molecule has 312 valence electrons. The Morgan fingerprint density at radius 1 is 0.554 bits per heavy atom. The smallest absolute Gasteiger partial charge is 0.337 e. The SMILES string of the molecule is Cc1cc2c(cc1N1c3cc(N(c4ccccc4)c4ccccc4)cc4c3B(c3c1ccc1c3oc3ccccc31)n1c3sc5ccccc5c3c3cccc-4c31)C(C)(C)CCC2(C)C. The van der Waals surface area contributed by atoms with E-state index in [1.807, 2.05) is 11.3 Å². The Labute approximate surface area is 383 Å². The van der Waals surface area contributed by atoms with Gasteiger partial charge in [-0.1, -0.05) is 125 Å². The van der Waals surface area contributed by atoms with Crippen molar-refractivity contribution >= 4 is 116 Å². The minimum Gasteiger partial charge on any atom is -0.456 e. The average molecular weight is 856 g/mol. The molecule has 0 radical (unpaired) electrons. The van der Waals surface area contributed by atoms with Gasteiger partial charge >= 0.3 is 6.85 Å². The van der Waals surface area contributed by atoms with E-state index in [0.29, 0.717) is 0 Å². The summed E-state index contributed by atoms with van der Waals surface area (Å²) in [5.41, 5.74) is 19.5. The Morgan fingerprint density at radius 2 is 1.22 bits per heavy atom. The molecule has 0 fully saturated rings. The molecule has 3 aliphatic rings. The van der Waals surface area contributed by atoms with Crippen LogP contribution in [0.1, 0.15) is 57.2 Å². The summed E-state index contributed by atoms with van der Waals surface area (Å²) in [5, 5.41) is 6.25. The quantitative estimate of drug-likeness (QED) is 0.165. The van der Waals surface area contributed by atoms with Gasteiger partial charge in [0.2, 0.25) is 0 Å². The highest BCUT2D eigenvalue weighted by Gasteiger charge is 2.47. The van der Waals surface area contributed by atoms with Crippen LogP contribution in [-0.2, 0) is 10.8 Å². The number of hydrogen-bond donors (Lipinski definition) is 0. The monoisotopic (exact) mass is 855 g/mol. The van der Waals surface area contributed by atoms with E-state index in [9.17, 15) is 0 Å². The van der Waals surface area contributed by atoms with E-state index in [-0.39, 0.29) is 17.7 Å². The van der Waals surface area contributed by atoms with Crippen molar-refractivity contribution < 1.29 is 4.42 Å². The molecule has 0 unspecified atom stereocenters. The zero-order valence-electron chi connectivity index (χ0n) is 37.2. The molecule has 14 rings (SSSR count). The molecule has 4 nitrogen and oxygen atoms in total. The van der Waals surface area contributed by atoms with E-state index < -0.39 is 0 Å². The normalized spacial score (nSPS) is 15.5. The molecule has 0 bridgehead atoms. The number of para-hydroxylation sites is 4. The maximum absolute atomic E-state index is 7.19. The number of anilines is 6. The summed E-state index contributed by atoms with van der Waals surface area (Å²) < 4.78 is 11.2. The first-order valence-corrected chi connectivity index (χ1v) is 23.9. The van der Waals surface area contributed by atoms with Gasteiger partial charge in [0.05, 0.1) is 4.83 Å². The van der Waals surface area contributed by atoms with Crippen LogP contribution in [0.5, 0.6) is 0 Å². The zero-order chi connectivity index (χ0) is 43.5. The molecule has 0 N–H and O–H groups in total. The number of benzene rings is 8. The van der Waals surface area contributed by atoms with Crippen LogP contribution in [0.4, 0.5) is 34.1 Å². The summed E-state index contributed by atoms with van der Waals surface area (Å²) in [5.74, 6) is 0. The van der Waals surface area contributed by atoms with Crippen molar-refractivity contribution in [2.24, 2.45) is 0 Å². The fraction of sp³-hybridized carbons (Fsp3) is 0.153. The topological polar surface area (TPSA) is 24.6 Å². The first-order chi connectivity index (χ1) is 31.7. The van der Waals surface area contributed by atoms with Gasteiger partial charge < -0.3 is 18.7 Å². The lowest BCUT2D eigenvalue weighted by atomic mass is 9.45. The van der Waals surface area contributed by atoms with Gasteiger partial charge in [0, 0.05) is 82.3 Å². The minimum atomic E-state index is -0.164. The Hall–Kier alpha value is -7.02. The second-order valence-electron chi connectivity index (χ2n) is 19.9. The van der Waals surface area contributed by atoms with Crippen LogP contribution in [0.15, 0.2) is 168 Å². The second-order valence-corrected chi connectivity index (χ2v) is 21.0. The van der Waals surface area contributed by atoms with Crippen molar-refractivity contribution in [2.45, 2.75) is 58.3 Å². The number of nitrogens with zero attached hydrogens (tertiary/aromatic N) is 3. The van der Waals surface area contributed by atoms with Crippen molar-refractivity contribution in [1.29, 1.82) is 0 Å². The van der Waals surface area contributed by atoms with E-state index >= 15 is 0 Å². The molecule has 0 saturated heterocycles. The molecular weight excluding hydrogens is 810 g/mol. The van der Waals surface area contributed by atoms with Gasteiger partial charge in [-0.15, -0.1) is 11.3 Å². The van der Waals surface area contributed by atoms with E-state index in [1.165, 1.54) is 87.7 Å². The molecule has 2 aliphatic heterocycles. The van der Waals surface area contributed by atoms with Gasteiger partial charge in [0.1, 0.15) is 11.2 Å². The predicted octanol–water partition coefficient (Wildman–Crippen LogP) is 15.5. The van der Waals surface area contributed by atoms with Gasteiger partial charge in [-0.3, -0.25) is 0 Å². The standard InChI is InChI=1S/C59H46BN3OS/c1-35-31-45-46(59(4,5)30-29-58(45,2)3)34-48(35)62-47-28-27-41-39-21-12-14-25-50(39)64-56(41)54(47)60-53-44(32-38(33-49(53)62)61(36-17-8-6-9-18-36)37-19-10-7-11-20-37)40-23-16-24-43-52-42-22-13-15-26-51(42)65-57(52)63(60)55(40)43/h6-28,31-34H,29-30H2,1-5H3. The molecule has 3 aromatic heterocycles. The highest BCUT2D eigenvalue weighted by molar-refractivity contribution is 7.26. The molecule has 8 aromatic carbocycles. The highest BCUT2D eigenvalue weighted by atomic mass is 32.1. The molecule has 11 aromatic rings. The average Bonchev–Trinajstić information content (AvgIpc) is 4.00. The van der Waals surface area contributed by atoms with Crippen LogP contribution in [0.2, 0.25) is 0 Å². The predicted molar refractivity (Wildman–Crippen MR) is 277 cm³/mol. The van der Waals surface area contributed by atoms with Crippen LogP contribution in [0, 0.1) is 6.92 Å². The zero-order valence-corrected chi connectivity index (χ0v) is 38.1. The summed E-state index contributed by atoms with van der Waals surface area (Å²) >= 11 is 1.92. The number of thiophene rings is 1. The van der Waals surface area contributed by atoms with Gasteiger partial charge in [0.25, 0.3) is 0 Å². The van der Waals surface area contributed by atoms with E-state index in [2.05, 4.69) is 213 Å². The van der Waals surface area contributed by atoms with Crippen molar-refractivity contribution in [2.75, 3.05) is 9.80 Å². The molecule has 1 aliphatic carbocycles. The maximum Gasteiger partial charge on any atom is 0.337 e. The fourth-order valence-electron chi connectivity index (χ4n) is 12.1. The lowest BCUT2D eigenvalue weighted by Crippen LogP contribution is -2.57. The summed E-state index contributed by atoms with van der Waals surface area (Å²) in [6.45, 7) is 11.9. The van der Waals surface area contributed by atoms with Crippen molar-refractivity contribution in [3.63, 3.8) is 0 Å². The third-order valence-corrected chi connectivity index (χ3v) is 16.5. The number of fused-ring (bicyclic) bond motifs is 14. The summed E-state index contributed by atoms with van der Waals surface area (Å²) in [7, 11) is 0. The summed E-state index contributed by atoms with van der Waals surface area (Å²) in [6, 6.07) is 61.1. The van der Waals surface area contributed by atoms with Crippen molar-refractivity contribution in [1.82, 2.24) is 4.48 Å². The van der Waals surface area contributed by atoms with E-state index in [1.54, 1.807) is 0 Å². The molecule has 65 heavy (non-hydrogen) atoms. The largest absolute Gasteiger partial charge is 0.456 e. The molecule has 0 atom stereocenters. The molecule has 0 spiro atoms. The van der Waals surface area contributed by atoms with Crippen LogP contribution in [0.25, 0.3) is 64.3 Å². The first kappa shape index (κ1) is 37.4. The van der Waals surface area contributed by atoms with Crippen LogP contribution >= 0.6 is 11.3 Å². The molecular formula is C59H46BN3OS. The minimum absolute atomic E-state index is 0.0261. The van der Waals surface area contributed by atoms with E-state index in [0.717, 1.165) is 51.1 Å². The summed E-state index contributed by atoms with van der Waals surface area (Å²) in [4.78, 5) is 6.36. The van der Waals surface area contributed by atoms with Crippen LogP contribution in [0.3, 0.4) is 0 Å². The second kappa shape index (κ2) is 13.1. The van der Waals surface area contributed by atoms with Gasteiger partial charge in [-0.05, 0) is 125 Å².